The number of hydrogen-bond donors (Lipinski definition) is 2. The second kappa shape index (κ2) is 3.92. The van der Waals surface area contributed by atoms with Gasteiger partial charge in [0.15, 0.2) is 0 Å². The normalized spacial score (nSPS) is 16.9. The van der Waals surface area contributed by atoms with Crippen LogP contribution in [0.25, 0.3) is 6.08 Å². The molecule has 1 aliphatic heterocycles. The molecule has 16 heavy (non-hydrogen) atoms. The number of phenols is 1. The van der Waals surface area contributed by atoms with Crippen molar-refractivity contribution in [3.63, 3.8) is 0 Å². The summed E-state index contributed by atoms with van der Waals surface area (Å²) in [6.45, 7) is 0.597. The Kier molecular flexibility index (Phi) is 2.73. The van der Waals surface area contributed by atoms with Gasteiger partial charge in [0.2, 0.25) is 9.84 Å². The van der Waals surface area contributed by atoms with Crippen LogP contribution >= 0.6 is 0 Å². The van der Waals surface area contributed by atoms with E-state index in [2.05, 4.69) is 5.32 Å². The summed E-state index contributed by atoms with van der Waals surface area (Å²) >= 11 is 0. The molecular weight excluding hydrogens is 226 g/mol. The summed E-state index contributed by atoms with van der Waals surface area (Å²) in [4.78, 5) is 0.567. The fourth-order valence-electron chi connectivity index (χ4n) is 1.75. The maximum atomic E-state index is 12.0. The molecule has 1 heterocycles. The lowest BCUT2D eigenvalue weighted by Crippen LogP contribution is -2.11. The van der Waals surface area contributed by atoms with Gasteiger partial charge in [-0.3, -0.25) is 0 Å². The van der Waals surface area contributed by atoms with Crippen LogP contribution in [0.1, 0.15) is 12.0 Å². The molecule has 0 amide bonds. The molecular formula is C11H13NO3S. The van der Waals surface area contributed by atoms with Crippen LogP contribution in [0, 0.1) is 0 Å². The maximum absolute atomic E-state index is 12.0. The van der Waals surface area contributed by atoms with Crippen molar-refractivity contribution in [2.75, 3.05) is 13.6 Å². The topological polar surface area (TPSA) is 66.4 Å². The molecule has 4 nitrogen and oxygen atoms in total. The SMILES string of the molecule is CNCCC1=Cc2c(O)cccc2S1(=O)=O. The number of hydrogen-bond acceptors (Lipinski definition) is 4. The molecule has 0 bridgehead atoms. The summed E-state index contributed by atoms with van der Waals surface area (Å²) in [5.41, 5.74) is 0.411. The molecule has 2 rings (SSSR count). The molecule has 0 fully saturated rings. The van der Waals surface area contributed by atoms with Gasteiger partial charge in [0.1, 0.15) is 5.75 Å². The second-order valence-corrected chi connectivity index (χ2v) is 5.63. The highest BCUT2D eigenvalue weighted by atomic mass is 32.2. The minimum Gasteiger partial charge on any atom is -0.507 e. The summed E-state index contributed by atoms with van der Waals surface area (Å²) in [5, 5.41) is 12.5. The minimum absolute atomic E-state index is 0.0144. The Bertz CT molecular complexity index is 546. The predicted octanol–water partition coefficient (Wildman–Crippen LogP) is 1.13. The van der Waals surface area contributed by atoms with Gasteiger partial charge < -0.3 is 10.4 Å². The second-order valence-electron chi connectivity index (χ2n) is 3.66. The Hall–Kier alpha value is -1.33. The third-order valence-corrected chi connectivity index (χ3v) is 4.55. The number of aromatic hydroxyl groups is 1. The van der Waals surface area contributed by atoms with Crippen molar-refractivity contribution in [2.24, 2.45) is 0 Å². The van der Waals surface area contributed by atoms with E-state index in [1.54, 1.807) is 19.2 Å². The van der Waals surface area contributed by atoms with Crippen LogP contribution in [0.2, 0.25) is 0 Å². The summed E-state index contributed by atoms with van der Waals surface area (Å²) in [5.74, 6) is 0.0144. The van der Waals surface area contributed by atoms with Gasteiger partial charge in [-0.15, -0.1) is 0 Å². The van der Waals surface area contributed by atoms with Gasteiger partial charge in [-0.25, -0.2) is 8.42 Å². The average molecular weight is 239 g/mol. The quantitative estimate of drug-likeness (QED) is 0.829. The van der Waals surface area contributed by atoms with Crippen LogP contribution in [0.4, 0.5) is 0 Å². The van der Waals surface area contributed by atoms with E-state index in [1.165, 1.54) is 12.1 Å². The molecule has 1 aliphatic rings. The number of fused-ring (bicyclic) bond motifs is 1. The zero-order chi connectivity index (χ0) is 11.8. The van der Waals surface area contributed by atoms with Gasteiger partial charge in [-0.05, 0) is 38.2 Å². The number of phenolic OH excluding ortho intramolecular Hbond substituents is 1. The third kappa shape index (κ3) is 1.62. The lowest BCUT2D eigenvalue weighted by molar-refractivity contribution is 0.472. The van der Waals surface area contributed by atoms with Gasteiger partial charge >= 0.3 is 0 Å². The van der Waals surface area contributed by atoms with Gasteiger partial charge in [-0.2, -0.15) is 0 Å². The average Bonchev–Trinajstić information content (AvgIpc) is 2.50. The van der Waals surface area contributed by atoms with E-state index >= 15 is 0 Å². The van der Waals surface area contributed by atoms with E-state index in [0.29, 0.717) is 23.4 Å². The van der Waals surface area contributed by atoms with Crippen LogP contribution in [0.5, 0.6) is 5.75 Å². The first-order chi connectivity index (χ1) is 7.57. The van der Waals surface area contributed by atoms with E-state index in [9.17, 15) is 13.5 Å². The fraction of sp³-hybridized carbons (Fsp3) is 0.273. The van der Waals surface area contributed by atoms with E-state index in [1.807, 2.05) is 0 Å². The van der Waals surface area contributed by atoms with Crippen molar-refractivity contribution in [1.29, 1.82) is 0 Å². The number of nitrogens with one attached hydrogen (secondary N) is 1. The first kappa shape index (κ1) is 11.2. The van der Waals surface area contributed by atoms with Crippen molar-refractivity contribution in [1.82, 2.24) is 5.32 Å². The highest BCUT2D eigenvalue weighted by Crippen LogP contribution is 2.38. The van der Waals surface area contributed by atoms with Crippen molar-refractivity contribution in [3.05, 3.63) is 28.7 Å². The number of rotatable bonds is 3. The lowest BCUT2D eigenvalue weighted by Gasteiger charge is -2.03. The Labute approximate surface area is 94.5 Å². The van der Waals surface area contributed by atoms with Crippen LogP contribution in [-0.2, 0) is 9.84 Å². The lowest BCUT2D eigenvalue weighted by atomic mass is 10.2. The standard InChI is InChI=1S/C11H13NO3S/c1-12-6-5-8-7-9-10(13)3-2-4-11(9)16(8,14)15/h2-4,7,12-13H,5-6H2,1H3. The first-order valence-corrected chi connectivity index (χ1v) is 6.48. The largest absolute Gasteiger partial charge is 0.507 e. The molecule has 0 aliphatic carbocycles. The van der Waals surface area contributed by atoms with Crippen LogP contribution in [0.3, 0.4) is 0 Å². The fourth-order valence-corrected chi connectivity index (χ4v) is 3.38. The molecule has 0 saturated heterocycles. The van der Waals surface area contributed by atoms with E-state index in [-0.39, 0.29) is 10.6 Å². The van der Waals surface area contributed by atoms with Gasteiger partial charge in [-0.1, -0.05) is 6.07 Å². The zero-order valence-electron chi connectivity index (χ0n) is 8.90. The summed E-state index contributed by atoms with van der Waals surface area (Å²) in [6.07, 6.45) is 1.99. The van der Waals surface area contributed by atoms with Crippen LogP contribution in [0.15, 0.2) is 28.0 Å². The van der Waals surface area contributed by atoms with E-state index < -0.39 is 9.84 Å². The van der Waals surface area contributed by atoms with E-state index in [0.717, 1.165) is 0 Å². The third-order valence-electron chi connectivity index (χ3n) is 2.60. The zero-order valence-corrected chi connectivity index (χ0v) is 9.71. The van der Waals surface area contributed by atoms with Crippen LogP contribution < -0.4 is 5.32 Å². The molecule has 0 radical (unpaired) electrons. The molecule has 2 N–H and O–H groups in total. The highest BCUT2D eigenvalue weighted by Gasteiger charge is 2.30. The van der Waals surface area contributed by atoms with Crippen LogP contribution in [-0.4, -0.2) is 27.1 Å². The van der Waals surface area contributed by atoms with Crippen molar-refractivity contribution in [3.8, 4) is 5.75 Å². The molecule has 0 spiro atoms. The Morgan fingerprint density at radius 1 is 1.38 bits per heavy atom. The molecule has 0 saturated carbocycles. The number of sulfone groups is 1. The molecule has 1 aromatic rings. The first-order valence-electron chi connectivity index (χ1n) is 4.99. The van der Waals surface area contributed by atoms with Crippen molar-refractivity contribution in [2.45, 2.75) is 11.3 Å². The predicted molar refractivity (Wildman–Crippen MR) is 61.8 cm³/mol. The molecule has 0 aromatic heterocycles. The molecule has 86 valence electrons. The van der Waals surface area contributed by atoms with Gasteiger partial charge in [0, 0.05) is 5.56 Å². The van der Waals surface area contributed by atoms with Gasteiger partial charge in [0.25, 0.3) is 0 Å². The smallest absolute Gasteiger partial charge is 0.203 e. The monoisotopic (exact) mass is 239 g/mol. The summed E-state index contributed by atoms with van der Waals surface area (Å²) < 4.78 is 24.1. The summed E-state index contributed by atoms with van der Waals surface area (Å²) in [7, 11) is -1.61. The minimum atomic E-state index is -3.38. The van der Waals surface area contributed by atoms with Crippen molar-refractivity contribution < 1.29 is 13.5 Å². The van der Waals surface area contributed by atoms with E-state index in [4.69, 9.17) is 0 Å². The molecule has 1 aromatic carbocycles. The van der Waals surface area contributed by atoms with Crippen molar-refractivity contribution >= 4 is 15.9 Å². The molecule has 0 unspecified atom stereocenters. The summed E-state index contributed by atoms with van der Waals surface area (Å²) in [6, 6.07) is 4.56. The molecule has 0 atom stereocenters. The number of benzene rings is 1. The maximum Gasteiger partial charge on any atom is 0.203 e. The Morgan fingerprint density at radius 3 is 2.75 bits per heavy atom. The van der Waals surface area contributed by atoms with Gasteiger partial charge in [0.05, 0.1) is 9.80 Å². The Morgan fingerprint density at radius 2 is 2.12 bits per heavy atom. The Balaban J connectivity index is 2.49. The molecule has 5 heteroatoms. The highest BCUT2D eigenvalue weighted by molar-refractivity contribution is 7.95.